The zero-order valence-electron chi connectivity index (χ0n) is 15.2. The fourth-order valence-corrected chi connectivity index (χ4v) is 4.21. The number of likely N-dealkylation sites (tertiary alicyclic amines) is 1. The molecule has 1 aromatic carbocycles. The highest BCUT2D eigenvalue weighted by Gasteiger charge is 2.26. The van der Waals surface area contributed by atoms with Gasteiger partial charge in [-0.05, 0) is 37.5 Å². The number of thioether (sulfide) groups is 1. The van der Waals surface area contributed by atoms with Crippen LogP contribution in [0, 0.1) is 0 Å². The number of benzene rings is 1. The minimum absolute atomic E-state index is 0.173. The maximum atomic E-state index is 12.7. The van der Waals surface area contributed by atoms with E-state index in [9.17, 15) is 4.79 Å². The molecule has 2 aromatic heterocycles. The Kier molecular flexibility index (Phi) is 5.29. The smallest absolute Gasteiger partial charge is 0.235 e. The minimum Gasteiger partial charge on any atom is -0.461 e. The Bertz CT molecular complexity index is 886. The first-order valence-electron chi connectivity index (χ1n) is 9.19. The quantitative estimate of drug-likeness (QED) is 0.609. The molecular weight excluding hydrogens is 360 g/mol. The van der Waals surface area contributed by atoms with Gasteiger partial charge in [0, 0.05) is 13.1 Å². The summed E-state index contributed by atoms with van der Waals surface area (Å²) in [6, 6.07) is 13.9. The second kappa shape index (κ2) is 8.00. The van der Waals surface area contributed by atoms with Crippen molar-refractivity contribution in [3.05, 3.63) is 54.3 Å². The molecule has 0 spiro atoms. The number of carbonyl (C=O) groups is 1. The van der Waals surface area contributed by atoms with Gasteiger partial charge in [-0.15, -0.1) is 10.2 Å². The maximum Gasteiger partial charge on any atom is 0.235 e. The first-order valence-corrected chi connectivity index (χ1v) is 10.1. The number of nitrogens with zero attached hydrogens (tertiary/aromatic N) is 4. The third kappa shape index (κ3) is 3.93. The second-order valence-electron chi connectivity index (χ2n) is 6.65. The van der Waals surface area contributed by atoms with Crippen molar-refractivity contribution in [2.24, 2.45) is 0 Å². The van der Waals surface area contributed by atoms with E-state index in [1.807, 2.05) is 46.7 Å². The Morgan fingerprint density at radius 3 is 2.63 bits per heavy atom. The molecule has 1 fully saturated rings. The lowest BCUT2D eigenvalue weighted by atomic mass is 10.2. The summed E-state index contributed by atoms with van der Waals surface area (Å²) >= 11 is 1.46. The molecule has 0 saturated carbocycles. The van der Waals surface area contributed by atoms with Crippen LogP contribution in [-0.2, 0) is 11.3 Å². The van der Waals surface area contributed by atoms with Gasteiger partial charge in [-0.1, -0.05) is 42.1 Å². The van der Waals surface area contributed by atoms with Gasteiger partial charge in [0.05, 0.1) is 18.1 Å². The van der Waals surface area contributed by atoms with E-state index in [1.165, 1.54) is 11.8 Å². The first-order chi connectivity index (χ1) is 13.2. The van der Waals surface area contributed by atoms with Gasteiger partial charge < -0.3 is 9.32 Å². The molecule has 7 heteroatoms. The zero-order valence-corrected chi connectivity index (χ0v) is 16.1. The van der Waals surface area contributed by atoms with Crippen molar-refractivity contribution in [1.82, 2.24) is 19.7 Å². The lowest BCUT2D eigenvalue weighted by molar-refractivity contribution is -0.129. The third-order valence-corrected chi connectivity index (χ3v) is 5.76. The molecule has 4 rings (SSSR count). The van der Waals surface area contributed by atoms with E-state index in [-0.39, 0.29) is 11.2 Å². The summed E-state index contributed by atoms with van der Waals surface area (Å²) in [6.45, 7) is 4.28. The molecule has 3 aromatic rings. The van der Waals surface area contributed by atoms with Crippen LogP contribution in [0.15, 0.2) is 58.3 Å². The highest BCUT2D eigenvalue weighted by molar-refractivity contribution is 8.00. The molecule has 1 amide bonds. The standard InChI is InChI=1S/C20H22N4O2S/c1-15(19(25)23-11-5-6-12-23)27-20-22-21-18(17-10-7-13-26-17)24(20)14-16-8-3-2-4-9-16/h2-4,7-10,13,15H,5-6,11-12,14H2,1H3/t15-/m0/s1. The van der Waals surface area contributed by atoms with Gasteiger partial charge in [-0.2, -0.15) is 0 Å². The third-order valence-electron chi connectivity index (χ3n) is 4.69. The highest BCUT2D eigenvalue weighted by Crippen LogP contribution is 2.29. The Morgan fingerprint density at radius 1 is 1.15 bits per heavy atom. The Morgan fingerprint density at radius 2 is 1.93 bits per heavy atom. The number of amides is 1. The van der Waals surface area contributed by atoms with Gasteiger partial charge in [0.25, 0.3) is 0 Å². The molecule has 0 unspecified atom stereocenters. The highest BCUT2D eigenvalue weighted by atomic mass is 32.2. The van der Waals surface area contributed by atoms with Crippen molar-refractivity contribution in [2.45, 2.75) is 36.7 Å². The molecule has 3 heterocycles. The number of rotatable bonds is 6. The predicted molar refractivity (Wildman–Crippen MR) is 104 cm³/mol. The summed E-state index contributed by atoms with van der Waals surface area (Å²) in [7, 11) is 0. The molecule has 140 valence electrons. The molecule has 0 aliphatic carbocycles. The summed E-state index contributed by atoms with van der Waals surface area (Å²) < 4.78 is 7.56. The van der Waals surface area contributed by atoms with E-state index < -0.39 is 0 Å². The van der Waals surface area contributed by atoms with E-state index in [4.69, 9.17) is 4.42 Å². The summed E-state index contributed by atoms with van der Waals surface area (Å²) in [5.74, 6) is 1.52. The van der Waals surface area contributed by atoms with Crippen molar-refractivity contribution in [2.75, 3.05) is 13.1 Å². The fraction of sp³-hybridized carbons (Fsp3) is 0.350. The van der Waals surface area contributed by atoms with Gasteiger partial charge in [0.1, 0.15) is 0 Å². The van der Waals surface area contributed by atoms with Crippen LogP contribution in [0.2, 0.25) is 0 Å². The first kappa shape index (κ1) is 17.9. The van der Waals surface area contributed by atoms with Gasteiger partial charge in [-0.25, -0.2) is 0 Å². The van der Waals surface area contributed by atoms with Crippen LogP contribution < -0.4 is 0 Å². The van der Waals surface area contributed by atoms with Crippen LogP contribution in [0.3, 0.4) is 0 Å². The molecule has 0 bridgehead atoms. The van der Waals surface area contributed by atoms with Gasteiger partial charge in [0.15, 0.2) is 10.9 Å². The zero-order chi connectivity index (χ0) is 18.6. The van der Waals surface area contributed by atoms with Crippen molar-refractivity contribution >= 4 is 17.7 Å². The lowest BCUT2D eigenvalue weighted by Crippen LogP contribution is -2.34. The molecule has 1 aliphatic rings. The minimum atomic E-state index is -0.203. The SMILES string of the molecule is C[C@H](Sc1nnc(-c2ccco2)n1Cc1ccccc1)C(=O)N1CCCC1. The molecule has 6 nitrogen and oxygen atoms in total. The van der Waals surface area contributed by atoms with Crippen molar-refractivity contribution in [1.29, 1.82) is 0 Å². The van der Waals surface area contributed by atoms with Crippen molar-refractivity contribution in [3.8, 4) is 11.6 Å². The average Bonchev–Trinajstić information content (AvgIpc) is 3.45. The summed E-state index contributed by atoms with van der Waals surface area (Å²) in [5.41, 5.74) is 1.14. The molecule has 27 heavy (non-hydrogen) atoms. The Hall–Kier alpha value is -2.54. The maximum absolute atomic E-state index is 12.7. The number of carbonyl (C=O) groups excluding carboxylic acids is 1. The van der Waals surface area contributed by atoms with Crippen LogP contribution in [0.25, 0.3) is 11.6 Å². The van der Waals surface area contributed by atoms with Crippen LogP contribution in [0.5, 0.6) is 0 Å². The largest absolute Gasteiger partial charge is 0.461 e. The fourth-order valence-electron chi connectivity index (χ4n) is 3.28. The van der Waals surface area contributed by atoms with E-state index in [1.54, 1.807) is 6.26 Å². The summed E-state index contributed by atoms with van der Waals surface area (Å²) in [6.07, 6.45) is 3.81. The molecule has 0 radical (unpaired) electrons. The van der Waals surface area contributed by atoms with Crippen LogP contribution >= 0.6 is 11.8 Å². The number of hydrogen-bond acceptors (Lipinski definition) is 5. The van der Waals surface area contributed by atoms with Crippen molar-refractivity contribution in [3.63, 3.8) is 0 Å². The molecule has 1 aliphatic heterocycles. The van der Waals surface area contributed by atoms with Crippen LogP contribution in [0.1, 0.15) is 25.3 Å². The average molecular weight is 382 g/mol. The number of furan rings is 1. The van der Waals surface area contributed by atoms with Gasteiger partial charge >= 0.3 is 0 Å². The Labute approximate surface area is 162 Å². The monoisotopic (exact) mass is 382 g/mol. The summed E-state index contributed by atoms with van der Waals surface area (Å²) in [4.78, 5) is 14.6. The molecule has 1 atom stereocenters. The lowest BCUT2D eigenvalue weighted by Gasteiger charge is -2.20. The number of aromatic nitrogens is 3. The second-order valence-corrected chi connectivity index (χ2v) is 7.96. The van der Waals surface area contributed by atoms with E-state index in [0.717, 1.165) is 36.7 Å². The van der Waals surface area contributed by atoms with E-state index >= 15 is 0 Å². The molecule has 0 N–H and O–H groups in total. The predicted octanol–water partition coefficient (Wildman–Crippen LogP) is 3.69. The molecular formula is C20H22N4O2S. The molecule has 1 saturated heterocycles. The van der Waals surface area contributed by atoms with Crippen LogP contribution in [0.4, 0.5) is 0 Å². The van der Waals surface area contributed by atoms with Gasteiger partial charge in [-0.3, -0.25) is 9.36 Å². The van der Waals surface area contributed by atoms with E-state index in [0.29, 0.717) is 18.1 Å². The Balaban J connectivity index is 1.60. The van der Waals surface area contributed by atoms with Crippen LogP contribution in [-0.4, -0.2) is 43.9 Å². The number of hydrogen-bond donors (Lipinski definition) is 0. The topological polar surface area (TPSA) is 64.2 Å². The summed E-state index contributed by atoms with van der Waals surface area (Å²) in [5, 5.41) is 9.23. The normalized spacial score (nSPS) is 15.2. The van der Waals surface area contributed by atoms with Gasteiger partial charge in [0.2, 0.25) is 11.7 Å². The van der Waals surface area contributed by atoms with E-state index in [2.05, 4.69) is 22.3 Å². The van der Waals surface area contributed by atoms with Crippen molar-refractivity contribution < 1.29 is 9.21 Å².